The molecule has 0 fully saturated rings. The van der Waals surface area contributed by atoms with Gasteiger partial charge in [-0.05, 0) is 24.6 Å². The average molecular weight is 413 g/mol. The van der Waals surface area contributed by atoms with Crippen molar-refractivity contribution in [3.8, 4) is 0 Å². The summed E-state index contributed by atoms with van der Waals surface area (Å²) in [5.74, 6) is -0.569. The maximum absolute atomic E-state index is 12.2. The number of nitrogens with one attached hydrogen (secondary N) is 1. The van der Waals surface area contributed by atoms with Crippen LogP contribution in [0.15, 0.2) is 47.4 Å². The minimum atomic E-state index is -4.02. The number of carbonyl (C=O) groups excluding carboxylic acids is 1. The standard InChI is InChI=1S/C17H17ClN2O6S/c1-12-2-4-13(5-3-12)11-26-17(21)8-9-19-27(24,25)14-6-7-15(18)16(10-14)20(22)23/h2-7,10,19H,8-9,11H2,1H3. The molecule has 0 aromatic heterocycles. The minimum Gasteiger partial charge on any atom is -0.461 e. The fourth-order valence-electron chi connectivity index (χ4n) is 2.09. The first-order valence-electron chi connectivity index (χ1n) is 7.84. The maximum Gasteiger partial charge on any atom is 0.307 e. The lowest BCUT2D eigenvalue weighted by Gasteiger charge is -2.08. The number of hydrogen-bond donors (Lipinski definition) is 1. The number of rotatable bonds is 8. The molecule has 1 N–H and O–H groups in total. The topological polar surface area (TPSA) is 116 Å². The Kier molecular flexibility index (Phi) is 6.89. The predicted octanol–water partition coefficient (Wildman–Crippen LogP) is 2.97. The number of halogens is 1. The molecule has 8 nitrogen and oxygen atoms in total. The molecule has 10 heteroatoms. The highest BCUT2D eigenvalue weighted by Crippen LogP contribution is 2.26. The third-order valence-corrected chi connectivity index (χ3v) is 5.34. The van der Waals surface area contributed by atoms with E-state index in [-0.39, 0.29) is 29.5 Å². The lowest BCUT2D eigenvalue weighted by Crippen LogP contribution is -2.26. The van der Waals surface area contributed by atoms with Gasteiger partial charge < -0.3 is 4.74 Å². The Morgan fingerprint density at radius 1 is 1.22 bits per heavy atom. The third kappa shape index (κ3) is 6.02. The van der Waals surface area contributed by atoms with E-state index in [9.17, 15) is 23.3 Å². The Morgan fingerprint density at radius 2 is 1.89 bits per heavy atom. The first kappa shape index (κ1) is 20.8. The molecule has 0 aliphatic carbocycles. The van der Waals surface area contributed by atoms with Gasteiger partial charge in [0.25, 0.3) is 5.69 Å². The van der Waals surface area contributed by atoms with E-state index in [0.29, 0.717) is 0 Å². The third-order valence-electron chi connectivity index (χ3n) is 3.57. The Balaban J connectivity index is 1.88. The van der Waals surface area contributed by atoms with Crippen LogP contribution >= 0.6 is 11.6 Å². The summed E-state index contributed by atoms with van der Waals surface area (Å²) < 4.78 is 31.6. The van der Waals surface area contributed by atoms with Crippen LogP contribution in [0, 0.1) is 17.0 Å². The SMILES string of the molecule is Cc1ccc(COC(=O)CCNS(=O)(=O)c2ccc(Cl)c([N+](=O)[O-])c2)cc1. The van der Waals surface area contributed by atoms with E-state index < -0.39 is 26.6 Å². The Bertz CT molecular complexity index is 944. The van der Waals surface area contributed by atoms with Gasteiger partial charge in [-0.3, -0.25) is 14.9 Å². The summed E-state index contributed by atoms with van der Waals surface area (Å²) in [6, 6.07) is 10.6. The molecule has 0 radical (unpaired) electrons. The molecule has 0 unspecified atom stereocenters. The lowest BCUT2D eigenvalue weighted by molar-refractivity contribution is -0.384. The second kappa shape index (κ2) is 8.94. The fourth-order valence-corrected chi connectivity index (χ4v) is 3.33. The maximum atomic E-state index is 12.2. The first-order valence-corrected chi connectivity index (χ1v) is 9.70. The number of sulfonamides is 1. The van der Waals surface area contributed by atoms with Gasteiger partial charge in [-0.15, -0.1) is 0 Å². The molecule has 2 rings (SSSR count). The van der Waals surface area contributed by atoms with Crippen molar-refractivity contribution in [2.24, 2.45) is 0 Å². The van der Waals surface area contributed by atoms with Gasteiger partial charge in [0.15, 0.2) is 0 Å². The second-order valence-electron chi connectivity index (χ2n) is 5.66. The quantitative estimate of drug-likeness (QED) is 0.405. The van der Waals surface area contributed by atoms with E-state index in [1.807, 2.05) is 31.2 Å². The van der Waals surface area contributed by atoms with Crippen molar-refractivity contribution in [1.82, 2.24) is 4.72 Å². The molecule has 0 saturated heterocycles. The predicted molar refractivity (Wildman–Crippen MR) is 98.9 cm³/mol. The van der Waals surface area contributed by atoms with Crippen molar-refractivity contribution in [1.29, 1.82) is 0 Å². The number of nitrogens with zero attached hydrogens (tertiary/aromatic N) is 1. The summed E-state index contributed by atoms with van der Waals surface area (Å²) in [4.78, 5) is 21.5. The van der Waals surface area contributed by atoms with E-state index >= 15 is 0 Å². The molecule has 0 amide bonds. The Hall–Kier alpha value is -2.49. The zero-order valence-corrected chi connectivity index (χ0v) is 15.9. The highest BCUT2D eigenvalue weighted by molar-refractivity contribution is 7.89. The number of nitro benzene ring substituents is 1. The van der Waals surface area contributed by atoms with E-state index in [1.54, 1.807) is 0 Å². The summed E-state index contributed by atoms with van der Waals surface area (Å²) in [5.41, 5.74) is 1.39. The molecule has 27 heavy (non-hydrogen) atoms. The molecule has 0 aliphatic heterocycles. The molecule has 2 aromatic carbocycles. The van der Waals surface area contributed by atoms with Crippen LogP contribution in [-0.2, 0) is 26.2 Å². The number of ether oxygens (including phenoxy) is 1. The van der Waals surface area contributed by atoms with Gasteiger partial charge in [0, 0.05) is 12.6 Å². The summed E-state index contributed by atoms with van der Waals surface area (Å²) in [6.07, 6.45) is -0.180. The van der Waals surface area contributed by atoms with Crippen molar-refractivity contribution in [2.75, 3.05) is 6.54 Å². The Labute approximate surface area is 161 Å². The van der Waals surface area contributed by atoms with Crippen LogP contribution in [0.2, 0.25) is 5.02 Å². The van der Waals surface area contributed by atoms with Crippen molar-refractivity contribution in [3.63, 3.8) is 0 Å². The molecular formula is C17H17ClN2O6S. The van der Waals surface area contributed by atoms with Crippen molar-refractivity contribution >= 4 is 33.3 Å². The molecule has 0 spiro atoms. The van der Waals surface area contributed by atoms with Crippen LogP contribution in [0.3, 0.4) is 0 Å². The molecular weight excluding hydrogens is 396 g/mol. The summed E-state index contributed by atoms with van der Waals surface area (Å²) >= 11 is 5.66. The highest BCUT2D eigenvalue weighted by Gasteiger charge is 2.20. The number of benzene rings is 2. The van der Waals surface area contributed by atoms with Crippen molar-refractivity contribution < 1.29 is 22.9 Å². The molecule has 144 valence electrons. The van der Waals surface area contributed by atoms with Gasteiger partial charge in [-0.1, -0.05) is 41.4 Å². The Morgan fingerprint density at radius 3 is 2.52 bits per heavy atom. The number of esters is 1. The van der Waals surface area contributed by atoms with E-state index in [4.69, 9.17) is 16.3 Å². The molecule has 0 atom stereocenters. The van der Waals surface area contributed by atoms with Crippen LogP contribution in [0.4, 0.5) is 5.69 Å². The fraction of sp³-hybridized carbons (Fsp3) is 0.235. The number of nitro groups is 1. The zero-order valence-electron chi connectivity index (χ0n) is 14.3. The van der Waals surface area contributed by atoms with Crippen LogP contribution in [-0.4, -0.2) is 25.9 Å². The number of hydrogen-bond acceptors (Lipinski definition) is 6. The molecule has 0 aliphatic rings. The van der Waals surface area contributed by atoms with Crippen LogP contribution in [0.5, 0.6) is 0 Å². The smallest absolute Gasteiger partial charge is 0.307 e. The zero-order chi connectivity index (χ0) is 20.0. The summed E-state index contributed by atoms with van der Waals surface area (Å²) in [6.45, 7) is 1.83. The molecule has 2 aromatic rings. The van der Waals surface area contributed by atoms with Crippen LogP contribution in [0.1, 0.15) is 17.5 Å². The van der Waals surface area contributed by atoms with Gasteiger partial charge in [-0.2, -0.15) is 0 Å². The number of carbonyl (C=O) groups is 1. The second-order valence-corrected chi connectivity index (χ2v) is 7.84. The molecule has 0 bridgehead atoms. The van der Waals surface area contributed by atoms with Gasteiger partial charge in [0.05, 0.1) is 16.2 Å². The largest absolute Gasteiger partial charge is 0.461 e. The lowest BCUT2D eigenvalue weighted by atomic mass is 10.2. The minimum absolute atomic E-state index is 0.0925. The summed E-state index contributed by atoms with van der Waals surface area (Å²) in [7, 11) is -4.02. The normalized spacial score (nSPS) is 11.2. The van der Waals surface area contributed by atoms with Crippen molar-refractivity contribution in [2.45, 2.75) is 24.8 Å². The van der Waals surface area contributed by atoms with Crippen LogP contribution in [0.25, 0.3) is 0 Å². The first-order chi connectivity index (χ1) is 12.7. The van der Waals surface area contributed by atoms with E-state index in [1.165, 1.54) is 0 Å². The van der Waals surface area contributed by atoms with Gasteiger partial charge >= 0.3 is 5.97 Å². The summed E-state index contributed by atoms with van der Waals surface area (Å²) in [5, 5.41) is 10.7. The van der Waals surface area contributed by atoms with Gasteiger partial charge in [-0.25, -0.2) is 13.1 Å². The number of aryl methyl sites for hydroxylation is 1. The van der Waals surface area contributed by atoms with Crippen LogP contribution < -0.4 is 4.72 Å². The van der Waals surface area contributed by atoms with E-state index in [0.717, 1.165) is 29.3 Å². The highest BCUT2D eigenvalue weighted by atomic mass is 35.5. The van der Waals surface area contributed by atoms with Crippen molar-refractivity contribution in [3.05, 3.63) is 68.7 Å². The van der Waals surface area contributed by atoms with Gasteiger partial charge in [0.1, 0.15) is 11.6 Å². The molecule has 0 heterocycles. The average Bonchev–Trinajstić information content (AvgIpc) is 2.61. The van der Waals surface area contributed by atoms with E-state index in [2.05, 4.69) is 4.72 Å². The molecule has 0 saturated carbocycles. The monoisotopic (exact) mass is 412 g/mol. The van der Waals surface area contributed by atoms with Gasteiger partial charge in [0.2, 0.25) is 10.0 Å².